The van der Waals surface area contributed by atoms with Crippen molar-refractivity contribution in [3.63, 3.8) is 0 Å². The maximum atomic E-state index is 11.1. The number of hydrogen-bond acceptors (Lipinski definition) is 3. The number of nitrogens with one attached hydrogen (secondary N) is 1. The van der Waals surface area contributed by atoms with E-state index < -0.39 is 16.8 Å². The summed E-state index contributed by atoms with van der Waals surface area (Å²) in [5.74, 6) is -0.359. The molecule has 0 spiro atoms. The molecule has 94 valence electrons. The number of anilines is 1. The highest BCUT2D eigenvalue weighted by molar-refractivity contribution is 9.10. The fourth-order valence-electron chi connectivity index (χ4n) is 1.39. The van der Waals surface area contributed by atoms with Crippen molar-refractivity contribution in [3.8, 4) is 0 Å². The van der Waals surface area contributed by atoms with Crippen LogP contribution in [0.5, 0.6) is 0 Å². The van der Waals surface area contributed by atoms with E-state index in [1.165, 1.54) is 0 Å². The molecule has 0 bridgehead atoms. The van der Waals surface area contributed by atoms with Gasteiger partial charge in [0.05, 0.1) is 5.56 Å². The van der Waals surface area contributed by atoms with E-state index >= 15 is 0 Å². The molecule has 4 nitrogen and oxygen atoms in total. The summed E-state index contributed by atoms with van der Waals surface area (Å²) in [6, 6.07) is 5.18. The van der Waals surface area contributed by atoms with E-state index in [1.807, 2.05) is 0 Å². The second-order valence-electron chi connectivity index (χ2n) is 3.53. The Morgan fingerprint density at radius 2 is 2.24 bits per heavy atom. The minimum Gasteiger partial charge on any atom is -0.478 e. The molecule has 0 saturated carbocycles. The predicted octanol–water partition coefficient (Wildman–Crippen LogP) is 2.33. The third-order valence-corrected chi connectivity index (χ3v) is 3.68. The van der Waals surface area contributed by atoms with E-state index in [4.69, 9.17) is 5.11 Å². The van der Waals surface area contributed by atoms with Crippen molar-refractivity contribution in [2.45, 2.75) is 6.42 Å². The SMILES string of the molecule is CS(=O)CCCNc1cccc(Br)c1C(=O)O. The lowest BCUT2D eigenvalue weighted by atomic mass is 10.2. The summed E-state index contributed by atoms with van der Waals surface area (Å²) >= 11 is 3.21. The van der Waals surface area contributed by atoms with Crippen LogP contribution in [0, 0.1) is 0 Å². The topological polar surface area (TPSA) is 66.4 Å². The van der Waals surface area contributed by atoms with E-state index in [0.29, 0.717) is 22.5 Å². The van der Waals surface area contributed by atoms with Crippen LogP contribution in [0.1, 0.15) is 16.8 Å². The molecule has 0 amide bonds. The number of halogens is 1. The first-order valence-electron chi connectivity index (χ1n) is 5.08. The van der Waals surface area contributed by atoms with Crippen molar-refractivity contribution in [2.75, 3.05) is 23.9 Å². The summed E-state index contributed by atoms with van der Waals surface area (Å²) in [6.45, 7) is 0.607. The van der Waals surface area contributed by atoms with Gasteiger partial charge in [-0.15, -0.1) is 0 Å². The molecule has 0 heterocycles. The molecule has 0 aromatic heterocycles. The predicted molar refractivity (Wildman–Crippen MR) is 73.1 cm³/mol. The lowest BCUT2D eigenvalue weighted by molar-refractivity contribution is 0.0697. The molecule has 1 aromatic rings. The van der Waals surface area contributed by atoms with Gasteiger partial charge in [0, 0.05) is 39.5 Å². The van der Waals surface area contributed by atoms with Gasteiger partial charge in [-0.1, -0.05) is 6.07 Å². The molecule has 2 N–H and O–H groups in total. The van der Waals surface area contributed by atoms with Gasteiger partial charge in [-0.2, -0.15) is 0 Å². The normalized spacial score (nSPS) is 12.1. The van der Waals surface area contributed by atoms with Crippen LogP contribution < -0.4 is 5.32 Å². The van der Waals surface area contributed by atoms with E-state index in [0.717, 1.165) is 6.42 Å². The molecule has 0 aliphatic carbocycles. The van der Waals surface area contributed by atoms with Gasteiger partial charge in [0.25, 0.3) is 0 Å². The standard InChI is InChI=1S/C11H14BrNO3S/c1-17(16)7-3-6-13-9-5-2-4-8(12)10(9)11(14)15/h2,4-5,13H,3,6-7H2,1H3,(H,14,15). The summed E-state index contributed by atoms with van der Waals surface area (Å²) < 4.78 is 11.4. The van der Waals surface area contributed by atoms with Crippen LogP contribution in [0.25, 0.3) is 0 Å². The summed E-state index contributed by atoms with van der Waals surface area (Å²) in [6.07, 6.45) is 2.40. The first-order valence-corrected chi connectivity index (χ1v) is 7.60. The highest BCUT2D eigenvalue weighted by atomic mass is 79.9. The first kappa shape index (κ1) is 14.2. The van der Waals surface area contributed by atoms with Crippen LogP contribution in [0.2, 0.25) is 0 Å². The van der Waals surface area contributed by atoms with Crippen LogP contribution in [-0.4, -0.2) is 33.8 Å². The van der Waals surface area contributed by atoms with E-state index in [-0.39, 0.29) is 5.56 Å². The molecule has 0 aliphatic heterocycles. The summed E-state index contributed by atoms with van der Waals surface area (Å²) in [4.78, 5) is 11.1. The zero-order chi connectivity index (χ0) is 12.8. The van der Waals surface area contributed by atoms with Crippen molar-refractivity contribution < 1.29 is 14.1 Å². The first-order chi connectivity index (χ1) is 8.02. The zero-order valence-electron chi connectivity index (χ0n) is 9.40. The Morgan fingerprint density at radius 3 is 2.82 bits per heavy atom. The van der Waals surface area contributed by atoms with Gasteiger partial charge in [0.2, 0.25) is 0 Å². The number of carbonyl (C=O) groups is 1. The third-order valence-electron chi connectivity index (χ3n) is 2.15. The Labute approximate surface area is 111 Å². The quantitative estimate of drug-likeness (QED) is 0.790. The number of hydrogen-bond donors (Lipinski definition) is 2. The second-order valence-corrected chi connectivity index (χ2v) is 5.93. The molecule has 0 fully saturated rings. The lowest BCUT2D eigenvalue weighted by Gasteiger charge is -2.10. The maximum absolute atomic E-state index is 11.1. The van der Waals surface area contributed by atoms with Gasteiger partial charge in [0.1, 0.15) is 0 Å². The molecule has 17 heavy (non-hydrogen) atoms. The second kappa shape index (κ2) is 6.76. The Hall–Kier alpha value is -0.880. The molecule has 1 unspecified atom stereocenters. The van der Waals surface area contributed by atoms with Crippen LogP contribution in [-0.2, 0) is 10.8 Å². The van der Waals surface area contributed by atoms with E-state index in [1.54, 1.807) is 24.5 Å². The lowest BCUT2D eigenvalue weighted by Crippen LogP contribution is -2.10. The molecule has 0 radical (unpaired) electrons. The summed E-state index contributed by atoms with van der Waals surface area (Å²) in [5.41, 5.74) is 0.805. The van der Waals surface area contributed by atoms with Crippen molar-refractivity contribution in [1.82, 2.24) is 0 Å². The molecule has 0 aliphatic rings. The van der Waals surface area contributed by atoms with Gasteiger partial charge in [-0.25, -0.2) is 4.79 Å². The van der Waals surface area contributed by atoms with Crippen LogP contribution in [0.15, 0.2) is 22.7 Å². The number of benzene rings is 1. The van der Waals surface area contributed by atoms with Crippen molar-refractivity contribution in [3.05, 3.63) is 28.2 Å². The van der Waals surface area contributed by atoms with Crippen LogP contribution in [0.3, 0.4) is 0 Å². The largest absolute Gasteiger partial charge is 0.478 e. The molecule has 1 rings (SSSR count). The summed E-state index contributed by atoms with van der Waals surface area (Å²) in [5, 5.41) is 12.1. The minimum absolute atomic E-state index is 0.227. The molecular formula is C11H14BrNO3S. The zero-order valence-corrected chi connectivity index (χ0v) is 11.8. The van der Waals surface area contributed by atoms with Crippen LogP contribution >= 0.6 is 15.9 Å². The third kappa shape index (κ3) is 4.47. The number of rotatable bonds is 6. The number of carboxylic acids is 1. The Kier molecular flexibility index (Phi) is 5.64. The maximum Gasteiger partial charge on any atom is 0.338 e. The number of aromatic carboxylic acids is 1. The fraction of sp³-hybridized carbons (Fsp3) is 0.364. The molecule has 6 heteroatoms. The highest BCUT2D eigenvalue weighted by Gasteiger charge is 2.13. The van der Waals surface area contributed by atoms with Gasteiger partial charge < -0.3 is 10.4 Å². The molecule has 1 aromatic carbocycles. The van der Waals surface area contributed by atoms with Gasteiger partial charge >= 0.3 is 5.97 Å². The Morgan fingerprint density at radius 1 is 1.53 bits per heavy atom. The van der Waals surface area contributed by atoms with E-state index in [9.17, 15) is 9.00 Å². The van der Waals surface area contributed by atoms with Gasteiger partial charge in [-0.3, -0.25) is 4.21 Å². The van der Waals surface area contributed by atoms with Crippen LogP contribution in [0.4, 0.5) is 5.69 Å². The monoisotopic (exact) mass is 319 g/mol. The molecular weight excluding hydrogens is 306 g/mol. The Bertz CT molecular complexity index is 437. The molecule has 0 saturated heterocycles. The van der Waals surface area contributed by atoms with Crippen molar-refractivity contribution >= 4 is 38.4 Å². The van der Waals surface area contributed by atoms with Crippen molar-refractivity contribution in [1.29, 1.82) is 0 Å². The van der Waals surface area contributed by atoms with Crippen molar-refractivity contribution in [2.24, 2.45) is 0 Å². The van der Waals surface area contributed by atoms with Gasteiger partial charge in [-0.05, 0) is 34.5 Å². The average molecular weight is 320 g/mol. The van der Waals surface area contributed by atoms with Gasteiger partial charge in [0.15, 0.2) is 0 Å². The fourth-order valence-corrected chi connectivity index (χ4v) is 2.47. The smallest absolute Gasteiger partial charge is 0.338 e. The Balaban J connectivity index is 2.67. The minimum atomic E-state index is -0.973. The molecule has 1 atom stereocenters. The number of carboxylic acid groups (broad SMARTS) is 1. The van der Waals surface area contributed by atoms with E-state index in [2.05, 4.69) is 21.2 Å². The highest BCUT2D eigenvalue weighted by Crippen LogP contribution is 2.24. The summed E-state index contributed by atoms with van der Waals surface area (Å²) in [7, 11) is -0.808. The average Bonchev–Trinajstić information content (AvgIpc) is 2.23.